The number of rotatable bonds is 7. The summed E-state index contributed by atoms with van der Waals surface area (Å²) in [4.78, 5) is 38.0. The minimum atomic E-state index is -0.447. The number of carbonyl (C=O) groups is 3. The number of nitrogens with one attached hydrogen (secondary N) is 1. The van der Waals surface area contributed by atoms with E-state index >= 15 is 0 Å². The molecule has 2 aromatic rings. The summed E-state index contributed by atoms with van der Waals surface area (Å²) in [5, 5.41) is 2.94. The molecule has 1 aliphatic rings. The average molecular weight is 394 g/mol. The van der Waals surface area contributed by atoms with Gasteiger partial charge in [-0.3, -0.25) is 14.4 Å². The summed E-state index contributed by atoms with van der Waals surface area (Å²) in [7, 11) is 1.34. The number of hydrogen-bond donors (Lipinski definition) is 1. The first kappa shape index (κ1) is 20.6. The first-order chi connectivity index (χ1) is 14.0. The minimum absolute atomic E-state index is 0.0707. The topological polar surface area (TPSA) is 75.7 Å². The molecular formula is C23H26N2O4. The van der Waals surface area contributed by atoms with Gasteiger partial charge in [0.05, 0.1) is 26.0 Å². The van der Waals surface area contributed by atoms with Crippen LogP contribution in [0.3, 0.4) is 0 Å². The molecule has 2 amide bonds. The third-order valence-electron chi connectivity index (χ3n) is 5.10. The monoisotopic (exact) mass is 394 g/mol. The van der Waals surface area contributed by atoms with Crippen molar-refractivity contribution in [2.24, 2.45) is 0 Å². The van der Waals surface area contributed by atoms with Gasteiger partial charge in [0.15, 0.2) is 0 Å². The number of aryl methyl sites for hydroxylation is 1. The van der Waals surface area contributed by atoms with Gasteiger partial charge < -0.3 is 15.0 Å². The minimum Gasteiger partial charge on any atom is -0.469 e. The van der Waals surface area contributed by atoms with Crippen LogP contribution >= 0.6 is 0 Å². The van der Waals surface area contributed by atoms with Crippen molar-refractivity contribution in [3.63, 3.8) is 0 Å². The lowest BCUT2D eigenvalue weighted by Gasteiger charge is -2.19. The van der Waals surface area contributed by atoms with Crippen LogP contribution < -0.4 is 10.2 Å². The fourth-order valence-corrected chi connectivity index (χ4v) is 3.45. The number of nitrogens with zero attached hydrogens (tertiary/aromatic N) is 1. The predicted molar refractivity (Wildman–Crippen MR) is 110 cm³/mol. The molecule has 1 saturated heterocycles. The molecule has 2 aromatic carbocycles. The standard InChI is InChI=1S/C23H26N2O4/c1-16-5-9-18(10-6-16)20(15-23(28)29-2)24-21(26)14-17-7-11-19(12-8-17)25-13-3-4-22(25)27/h5-12,20H,3-4,13-15H2,1-2H3,(H,24,26)/t20-/m0/s1. The van der Waals surface area contributed by atoms with Gasteiger partial charge >= 0.3 is 5.97 Å². The molecule has 0 saturated carbocycles. The molecule has 1 N–H and O–H groups in total. The first-order valence-electron chi connectivity index (χ1n) is 9.78. The zero-order chi connectivity index (χ0) is 20.8. The fourth-order valence-electron chi connectivity index (χ4n) is 3.45. The molecule has 1 fully saturated rings. The second kappa shape index (κ2) is 9.37. The van der Waals surface area contributed by atoms with Crippen molar-refractivity contribution in [3.8, 4) is 0 Å². The summed E-state index contributed by atoms with van der Waals surface area (Å²) >= 11 is 0. The van der Waals surface area contributed by atoms with Gasteiger partial charge in [0, 0.05) is 18.7 Å². The molecule has 0 aliphatic carbocycles. The predicted octanol–water partition coefficient (Wildman–Crippen LogP) is 3.08. The largest absolute Gasteiger partial charge is 0.469 e. The first-order valence-corrected chi connectivity index (χ1v) is 9.78. The van der Waals surface area contributed by atoms with E-state index in [2.05, 4.69) is 5.32 Å². The van der Waals surface area contributed by atoms with Crippen molar-refractivity contribution in [2.75, 3.05) is 18.6 Å². The highest BCUT2D eigenvalue weighted by Crippen LogP contribution is 2.22. The zero-order valence-electron chi connectivity index (χ0n) is 16.8. The summed E-state index contributed by atoms with van der Waals surface area (Å²) in [6, 6.07) is 14.7. The quantitative estimate of drug-likeness (QED) is 0.733. The SMILES string of the molecule is COC(=O)C[C@H](NC(=O)Cc1ccc(N2CCCC2=O)cc1)c1ccc(C)cc1. The normalized spacial score (nSPS) is 14.6. The van der Waals surface area contributed by atoms with Crippen LogP contribution in [0.5, 0.6) is 0 Å². The smallest absolute Gasteiger partial charge is 0.307 e. The molecule has 0 aromatic heterocycles. The van der Waals surface area contributed by atoms with Crippen LogP contribution in [0.2, 0.25) is 0 Å². The molecule has 3 rings (SSSR count). The lowest BCUT2D eigenvalue weighted by atomic mass is 10.0. The highest BCUT2D eigenvalue weighted by Gasteiger charge is 2.22. The highest BCUT2D eigenvalue weighted by atomic mass is 16.5. The molecule has 1 atom stereocenters. The van der Waals surface area contributed by atoms with Crippen molar-refractivity contribution in [1.82, 2.24) is 5.32 Å². The van der Waals surface area contributed by atoms with E-state index in [0.29, 0.717) is 6.42 Å². The van der Waals surface area contributed by atoms with Crippen molar-refractivity contribution in [3.05, 3.63) is 65.2 Å². The van der Waals surface area contributed by atoms with Gasteiger partial charge in [0.2, 0.25) is 11.8 Å². The van der Waals surface area contributed by atoms with Crippen LogP contribution in [0.4, 0.5) is 5.69 Å². The van der Waals surface area contributed by atoms with Crippen LogP contribution in [-0.4, -0.2) is 31.4 Å². The molecule has 6 heteroatoms. The zero-order valence-corrected chi connectivity index (χ0v) is 16.8. The van der Waals surface area contributed by atoms with Crippen LogP contribution in [0.25, 0.3) is 0 Å². The van der Waals surface area contributed by atoms with Crippen LogP contribution in [-0.2, 0) is 25.5 Å². The maximum absolute atomic E-state index is 12.6. The third kappa shape index (κ3) is 5.44. The van der Waals surface area contributed by atoms with E-state index in [9.17, 15) is 14.4 Å². The van der Waals surface area contributed by atoms with Crippen LogP contribution in [0.15, 0.2) is 48.5 Å². The van der Waals surface area contributed by atoms with E-state index in [-0.39, 0.29) is 30.6 Å². The Morgan fingerprint density at radius 3 is 2.38 bits per heavy atom. The van der Waals surface area contributed by atoms with E-state index in [0.717, 1.165) is 35.3 Å². The molecule has 6 nitrogen and oxygen atoms in total. The van der Waals surface area contributed by atoms with Crippen molar-refractivity contribution in [1.29, 1.82) is 0 Å². The Morgan fingerprint density at radius 2 is 1.79 bits per heavy atom. The number of esters is 1. The van der Waals surface area contributed by atoms with Gasteiger partial charge in [-0.15, -0.1) is 0 Å². The van der Waals surface area contributed by atoms with Crippen molar-refractivity contribution >= 4 is 23.5 Å². The fraction of sp³-hybridized carbons (Fsp3) is 0.348. The highest BCUT2D eigenvalue weighted by molar-refractivity contribution is 5.95. The number of ether oxygens (including phenoxy) is 1. The summed E-state index contributed by atoms with van der Waals surface area (Å²) in [6.07, 6.45) is 1.73. The average Bonchev–Trinajstić information content (AvgIpc) is 3.14. The number of carbonyl (C=O) groups excluding carboxylic acids is 3. The molecule has 0 spiro atoms. The van der Waals surface area contributed by atoms with Gasteiger partial charge in [0.25, 0.3) is 0 Å². The maximum atomic E-state index is 12.6. The van der Waals surface area contributed by atoms with Gasteiger partial charge in [-0.1, -0.05) is 42.0 Å². The molecule has 152 valence electrons. The number of methoxy groups -OCH3 is 1. The van der Waals surface area contributed by atoms with Gasteiger partial charge in [-0.25, -0.2) is 0 Å². The Hall–Kier alpha value is -3.15. The molecule has 1 aliphatic heterocycles. The Bertz CT molecular complexity index is 875. The second-order valence-electron chi connectivity index (χ2n) is 7.30. The molecule has 29 heavy (non-hydrogen) atoms. The summed E-state index contributed by atoms with van der Waals surface area (Å²) in [5.74, 6) is -0.417. The van der Waals surface area contributed by atoms with E-state index in [4.69, 9.17) is 4.74 Å². The van der Waals surface area contributed by atoms with E-state index in [1.807, 2.05) is 55.5 Å². The molecular weight excluding hydrogens is 368 g/mol. The number of benzene rings is 2. The summed E-state index contributed by atoms with van der Waals surface area (Å²) in [5.41, 5.74) is 3.67. The molecule has 0 radical (unpaired) electrons. The molecule has 0 unspecified atom stereocenters. The number of anilines is 1. The van der Waals surface area contributed by atoms with Crippen LogP contribution in [0, 0.1) is 6.92 Å². The second-order valence-corrected chi connectivity index (χ2v) is 7.30. The number of hydrogen-bond acceptors (Lipinski definition) is 4. The molecule has 0 bridgehead atoms. The van der Waals surface area contributed by atoms with Crippen LogP contribution in [0.1, 0.15) is 42.0 Å². The Morgan fingerprint density at radius 1 is 1.10 bits per heavy atom. The summed E-state index contributed by atoms with van der Waals surface area (Å²) in [6.45, 7) is 2.72. The van der Waals surface area contributed by atoms with Crippen molar-refractivity contribution < 1.29 is 19.1 Å². The van der Waals surface area contributed by atoms with E-state index < -0.39 is 6.04 Å². The van der Waals surface area contributed by atoms with Crippen molar-refractivity contribution in [2.45, 2.75) is 38.6 Å². The Kier molecular flexibility index (Phi) is 6.65. The van der Waals surface area contributed by atoms with Gasteiger partial charge in [0.1, 0.15) is 0 Å². The maximum Gasteiger partial charge on any atom is 0.307 e. The number of amides is 2. The van der Waals surface area contributed by atoms with Gasteiger partial charge in [-0.05, 0) is 36.6 Å². The van der Waals surface area contributed by atoms with E-state index in [1.54, 1.807) is 4.90 Å². The summed E-state index contributed by atoms with van der Waals surface area (Å²) < 4.78 is 4.77. The third-order valence-corrected chi connectivity index (χ3v) is 5.10. The Balaban J connectivity index is 1.65. The van der Waals surface area contributed by atoms with E-state index in [1.165, 1.54) is 7.11 Å². The molecule has 1 heterocycles. The lowest BCUT2D eigenvalue weighted by molar-refractivity contribution is -0.141. The Labute approximate surface area is 170 Å². The van der Waals surface area contributed by atoms with Gasteiger partial charge in [-0.2, -0.15) is 0 Å². The lowest BCUT2D eigenvalue weighted by Crippen LogP contribution is -2.31.